The summed E-state index contributed by atoms with van der Waals surface area (Å²) in [5, 5.41) is 21.5. The molecule has 1 aromatic carbocycles. The number of unbranched alkanes of at least 4 members (excludes halogenated alkanes) is 1. The van der Waals surface area contributed by atoms with E-state index in [0.717, 1.165) is 5.56 Å². The monoisotopic (exact) mass is 306 g/mol. The van der Waals surface area contributed by atoms with E-state index in [4.69, 9.17) is 14.7 Å². The number of nitriles is 1. The van der Waals surface area contributed by atoms with Crippen LogP contribution in [-0.4, -0.2) is 31.5 Å². The van der Waals surface area contributed by atoms with Crippen molar-refractivity contribution in [3.63, 3.8) is 0 Å². The molecule has 0 spiro atoms. The molecule has 0 saturated carbocycles. The topological polar surface area (TPSA) is 74.5 Å². The predicted octanol–water partition coefficient (Wildman–Crippen LogP) is 2.48. The van der Waals surface area contributed by atoms with Crippen molar-refractivity contribution in [1.29, 1.82) is 5.26 Å². The molecule has 0 aliphatic carbocycles. The van der Waals surface area contributed by atoms with Gasteiger partial charge < -0.3 is 19.9 Å². The van der Waals surface area contributed by atoms with Gasteiger partial charge in [-0.3, -0.25) is 0 Å². The highest BCUT2D eigenvalue weighted by atomic mass is 16.5. The first-order valence-corrected chi connectivity index (χ1v) is 7.64. The zero-order chi connectivity index (χ0) is 16.4. The molecule has 1 aromatic rings. The molecule has 5 heteroatoms. The van der Waals surface area contributed by atoms with E-state index in [2.05, 4.69) is 11.4 Å². The van der Waals surface area contributed by atoms with Gasteiger partial charge >= 0.3 is 0 Å². The second-order valence-corrected chi connectivity index (χ2v) is 5.54. The third-order valence-electron chi connectivity index (χ3n) is 3.37. The minimum atomic E-state index is -0.347. The Hall–Kier alpha value is -1.77. The van der Waals surface area contributed by atoms with Crippen LogP contribution in [0.2, 0.25) is 0 Å². The molecule has 0 aliphatic heterocycles. The third-order valence-corrected chi connectivity index (χ3v) is 3.37. The molecule has 0 saturated heterocycles. The lowest BCUT2D eigenvalue weighted by Gasteiger charge is -2.16. The summed E-state index contributed by atoms with van der Waals surface area (Å²) in [4.78, 5) is 0. The first-order valence-electron chi connectivity index (χ1n) is 7.64. The molecular formula is C17H26N2O3. The molecule has 0 bridgehead atoms. The summed E-state index contributed by atoms with van der Waals surface area (Å²) >= 11 is 0. The number of rotatable bonds is 10. The Morgan fingerprint density at radius 1 is 1.32 bits per heavy atom. The van der Waals surface area contributed by atoms with Gasteiger partial charge in [-0.1, -0.05) is 19.9 Å². The lowest BCUT2D eigenvalue weighted by molar-refractivity contribution is 0.123. The molecule has 0 aromatic heterocycles. The van der Waals surface area contributed by atoms with Gasteiger partial charge in [0.15, 0.2) is 11.5 Å². The van der Waals surface area contributed by atoms with Gasteiger partial charge in [-0.15, -0.1) is 0 Å². The number of aliphatic hydroxyl groups excluding tert-OH is 1. The number of hydrogen-bond acceptors (Lipinski definition) is 5. The maximum Gasteiger partial charge on any atom is 0.161 e. The van der Waals surface area contributed by atoms with Crippen LogP contribution in [0.25, 0.3) is 0 Å². The predicted molar refractivity (Wildman–Crippen MR) is 85.9 cm³/mol. The highest BCUT2D eigenvalue weighted by Crippen LogP contribution is 2.28. The van der Waals surface area contributed by atoms with E-state index < -0.39 is 0 Å². The molecule has 122 valence electrons. The fraction of sp³-hybridized carbons (Fsp3) is 0.588. The van der Waals surface area contributed by atoms with Crippen LogP contribution in [0.3, 0.4) is 0 Å². The lowest BCUT2D eigenvalue weighted by atomic mass is 10.1. The molecule has 2 N–H and O–H groups in total. The molecule has 5 nitrogen and oxygen atoms in total. The number of nitrogens with zero attached hydrogens (tertiary/aromatic N) is 1. The smallest absolute Gasteiger partial charge is 0.161 e. The van der Waals surface area contributed by atoms with E-state index in [-0.39, 0.29) is 12.0 Å². The minimum Gasteiger partial charge on any atom is -0.493 e. The normalized spacial score (nSPS) is 12.0. The van der Waals surface area contributed by atoms with Crippen LogP contribution in [0, 0.1) is 17.2 Å². The number of hydrogen-bond donors (Lipinski definition) is 2. The molecule has 0 fully saturated rings. The fourth-order valence-electron chi connectivity index (χ4n) is 1.88. The molecule has 1 rings (SSSR count). The Kier molecular flexibility index (Phi) is 8.34. The van der Waals surface area contributed by atoms with Crippen molar-refractivity contribution in [3.8, 4) is 17.6 Å². The summed E-state index contributed by atoms with van der Waals surface area (Å²) in [6.07, 6.45) is 0.833. The second kappa shape index (κ2) is 10.0. The third kappa shape index (κ3) is 6.33. The van der Waals surface area contributed by atoms with Crippen LogP contribution in [0.4, 0.5) is 0 Å². The number of nitrogens with one attached hydrogen (secondary N) is 1. The van der Waals surface area contributed by atoms with E-state index in [1.54, 1.807) is 7.11 Å². The van der Waals surface area contributed by atoms with Crippen LogP contribution in [0.1, 0.15) is 32.3 Å². The summed E-state index contributed by atoms with van der Waals surface area (Å²) in [6.45, 7) is 5.69. The van der Waals surface area contributed by atoms with E-state index >= 15 is 0 Å². The molecule has 0 aliphatic rings. The quantitative estimate of drug-likeness (QED) is 0.650. The van der Waals surface area contributed by atoms with Crippen molar-refractivity contribution >= 4 is 0 Å². The Balaban J connectivity index is 2.55. The van der Waals surface area contributed by atoms with Crippen molar-refractivity contribution in [3.05, 3.63) is 23.8 Å². The number of benzene rings is 1. The molecule has 0 radical (unpaired) electrons. The summed E-state index contributed by atoms with van der Waals surface area (Å²) in [6, 6.07) is 7.87. The van der Waals surface area contributed by atoms with Crippen LogP contribution >= 0.6 is 0 Å². The Morgan fingerprint density at radius 3 is 2.73 bits per heavy atom. The largest absolute Gasteiger partial charge is 0.493 e. The first-order chi connectivity index (χ1) is 10.6. The van der Waals surface area contributed by atoms with Crippen molar-refractivity contribution in [2.24, 2.45) is 5.92 Å². The summed E-state index contributed by atoms with van der Waals surface area (Å²) < 4.78 is 11.0. The highest BCUT2D eigenvalue weighted by molar-refractivity contribution is 5.42. The van der Waals surface area contributed by atoms with E-state index in [1.165, 1.54) is 0 Å². The SMILES string of the molecule is COc1ccc(CNCC(O)C(C)C)cc1OCCCC#N. The van der Waals surface area contributed by atoms with Crippen LogP contribution in [0.5, 0.6) is 11.5 Å². The summed E-state index contributed by atoms with van der Waals surface area (Å²) in [7, 11) is 1.61. The summed E-state index contributed by atoms with van der Waals surface area (Å²) in [5.74, 6) is 1.61. The van der Waals surface area contributed by atoms with Gasteiger partial charge in [0.2, 0.25) is 0 Å². The average Bonchev–Trinajstić information content (AvgIpc) is 2.51. The summed E-state index contributed by atoms with van der Waals surface area (Å²) in [5.41, 5.74) is 1.06. The Labute approximate surface area is 132 Å². The van der Waals surface area contributed by atoms with Gasteiger partial charge in [0.05, 0.1) is 25.9 Å². The van der Waals surface area contributed by atoms with E-state index in [9.17, 15) is 5.11 Å². The maximum atomic E-state index is 9.77. The lowest BCUT2D eigenvalue weighted by Crippen LogP contribution is -2.30. The first kappa shape index (κ1) is 18.3. The van der Waals surface area contributed by atoms with Gasteiger partial charge in [-0.2, -0.15) is 5.26 Å². The van der Waals surface area contributed by atoms with Gasteiger partial charge in [-0.05, 0) is 30.0 Å². The molecular weight excluding hydrogens is 280 g/mol. The number of ether oxygens (including phenoxy) is 2. The van der Waals surface area contributed by atoms with Crippen molar-refractivity contribution < 1.29 is 14.6 Å². The number of methoxy groups -OCH3 is 1. The maximum absolute atomic E-state index is 9.77. The van der Waals surface area contributed by atoms with Crippen molar-refractivity contribution in [2.45, 2.75) is 39.3 Å². The van der Waals surface area contributed by atoms with Gasteiger partial charge in [0.1, 0.15) is 0 Å². The van der Waals surface area contributed by atoms with Crippen molar-refractivity contribution in [2.75, 3.05) is 20.3 Å². The van der Waals surface area contributed by atoms with Gasteiger partial charge in [0.25, 0.3) is 0 Å². The average molecular weight is 306 g/mol. The fourth-order valence-corrected chi connectivity index (χ4v) is 1.88. The molecule has 0 heterocycles. The van der Waals surface area contributed by atoms with Crippen molar-refractivity contribution in [1.82, 2.24) is 5.32 Å². The Bertz CT molecular complexity index is 483. The Morgan fingerprint density at radius 2 is 2.09 bits per heavy atom. The van der Waals surface area contributed by atoms with Crippen LogP contribution < -0.4 is 14.8 Å². The zero-order valence-electron chi connectivity index (χ0n) is 13.6. The second-order valence-electron chi connectivity index (χ2n) is 5.54. The minimum absolute atomic E-state index is 0.238. The molecule has 22 heavy (non-hydrogen) atoms. The standard InChI is InChI=1S/C17H26N2O3/c1-13(2)15(20)12-19-11-14-6-7-16(21-3)17(10-14)22-9-5-4-8-18/h6-7,10,13,15,19-20H,4-5,9,11-12H2,1-3H3. The molecule has 1 atom stereocenters. The van der Waals surface area contributed by atoms with Crippen LogP contribution in [-0.2, 0) is 6.54 Å². The van der Waals surface area contributed by atoms with Gasteiger partial charge in [-0.25, -0.2) is 0 Å². The van der Waals surface area contributed by atoms with E-state index in [1.807, 2.05) is 32.0 Å². The van der Waals surface area contributed by atoms with Crippen LogP contribution in [0.15, 0.2) is 18.2 Å². The number of aliphatic hydroxyl groups is 1. The van der Waals surface area contributed by atoms with E-state index in [0.29, 0.717) is 44.0 Å². The zero-order valence-corrected chi connectivity index (χ0v) is 13.6. The molecule has 1 unspecified atom stereocenters. The highest BCUT2D eigenvalue weighted by Gasteiger charge is 2.09. The molecule has 0 amide bonds. The van der Waals surface area contributed by atoms with Gasteiger partial charge in [0, 0.05) is 19.5 Å².